The SMILES string of the molecule is CC(=O)CN(C)Cc1ccc(S(C)(=O)=O)cc1. The molecule has 1 rings (SSSR count). The molecule has 0 atom stereocenters. The third-order valence-electron chi connectivity index (χ3n) is 2.30. The third-order valence-corrected chi connectivity index (χ3v) is 3.43. The molecule has 0 radical (unpaired) electrons. The first-order valence-electron chi connectivity index (χ1n) is 5.26. The Labute approximate surface area is 102 Å². The highest BCUT2D eigenvalue weighted by Crippen LogP contribution is 2.11. The number of hydrogen-bond donors (Lipinski definition) is 0. The third kappa shape index (κ3) is 4.66. The van der Waals surface area contributed by atoms with E-state index in [0.29, 0.717) is 18.0 Å². The Morgan fingerprint density at radius 3 is 2.18 bits per heavy atom. The van der Waals surface area contributed by atoms with E-state index in [0.717, 1.165) is 5.56 Å². The number of hydrogen-bond acceptors (Lipinski definition) is 4. The second-order valence-corrected chi connectivity index (χ2v) is 6.31. The molecule has 0 aliphatic heterocycles. The van der Waals surface area contributed by atoms with E-state index in [1.54, 1.807) is 31.2 Å². The normalized spacial score (nSPS) is 11.8. The summed E-state index contributed by atoms with van der Waals surface area (Å²) in [6, 6.07) is 6.72. The zero-order valence-corrected chi connectivity index (χ0v) is 11.1. The maximum atomic E-state index is 11.3. The Morgan fingerprint density at radius 1 is 1.24 bits per heavy atom. The van der Waals surface area contributed by atoms with E-state index in [1.165, 1.54) is 6.26 Å². The van der Waals surface area contributed by atoms with Gasteiger partial charge in [-0.2, -0.15) is 0 Å². The minimum atomic E-state index is -3.13. The molecule has 0 saturated heterocycles. The lowest BCUT2D eigenvalue weighted by Gasteiger charge is -2.14. The first-order chi connectivity index (χ1) is 7.79. The average Bonchev–Trinajstić information content (AvgIpc) is 2.15. The van der Waals surface area contributed by atoms with Gasteiger partial charge in [-0.05, 0) is 31.7 Å². The van der Waals surface area contributed by atoms with Gasteiger partial charge in [0.2, 0.25) is 0 Å². The van der Waals surface area contributed by atoms with Gasteiger partial charge in [0.1, 0.15) is 5.78 Å². The van der Waals surface area contributed by atoms with Crippen molar-refractivity contribution in [2.45, 2.75) is 18.4 Å². The molecule has 4 nitrogen and oxygen atoms in total. The highest BCUT2D eigenvalue weighted by molar-refractivity contribution is 7.90. The van der Waals surface area contributed by atoms with Crippen LogP contribution >= 0.6 is 0 Å². The minimum Gasteiger partial charge on any atom is -0.299 e. The molecule has 0 aromatic heterocycles. The van der Waals surface area contributed by atoms with Gasteiger partial charge >= 0.3 is 0 Å². The smallest absolute Gasteiger partial charge is 0.175 e. The van der Waals surface area contributed by atoms with Gasteiger partial charge in [0.25, 0.3) is 0 Å². The minimum absolute atomic E-state index is 0.111. The lowest BCUT2D eigenvalue weighted by molar-refractivity contribution is -0.117. The van der Waals surface area contributed by atoms with E-state index < -0.39 is 9.84 Å². The largest absolute Gasteiger partial charge is 0.299 e. The van der Waals surface area contributed by atoms with Crippen LogP contribution < -0.4 is 0 Å². The van der Waals surface area contributed by atoms with E-state index in [4.69, 9.17) is 0 Å². The molecule has 0 bridgehead atoms. The standard InChI is InChI=1S/C12H17NO3S/c1-10(14)8-13(2)9-11-4-6-12(7-5-11)17(3,15)16/h4-7H,8-9H2,1-3H3. The number of carbonyl (C=O) groups is 1. The molecule has 0 saturated carbocycles. The molecule has 0 unspecified atom stereocenters. The van der Waals surface area contributed by atoms with Crippen molar-refractivity contribution < 1.29 is 13.2 Å². The van der Waals surface area contributed by atoms with Crippen molar-refractivity contribution in [1.29, 1.82) is 0 Å². The van der Waals surface area contributed by atoms with Gasteiger partial charge in [-0.1, -0.05) is 12.1 Å². The summed E-state index contributed by atoms with van der Waals surface area (Å²) in [5.41, 5.74) is 0.987. The summed E-state index contributed by atoms with van der Waals surface area (Å²) < 4.78 is 22.5. The predicted molar refractivity (Wildman–Crippen MR) is 66.6 cm³/mol. The summed E-state index contributed by atoms with van der Waals surface area (Å²) in [6.07, 6.45) is 1.18. The lowest BCUT2D eigenvalue weighted by Crippen LogP contribution is -2.23. The fourth-order valence-electron chi connectivity index (χ4n) is 1.59. The van der Waals surface area contributed by atoms with Crippen LogP contribution in [0.2, 0.25) is 0 Å². The molecule has 17 heavy (non-hydrogen) atoms. The molecule has 1 aromatic rings. The highest BCUT2D eigenvalue weighted by atomic mass is 32.2. The molecule has 5 heteroatoms. The second-order valence-electron chi connectivity index (χ2n) is 4.29. The average molecular weight is 255 g/mol. The molecule has 0 fully saturated rings. The molecule has 0 heterocycles. The number of benzene rings is 1. The maximum absolute atomic E-state index is 11.3. The van der Waals surface area contributed by atoms with Crippen molar-refractivity contribution in [3.8, 4) is 0 Å². The molecule has 0 aliphatic rings. The van der Waals surface area contributed by atoms with E-state index in [-0.39, 0.29) is 5.78 Å². The second kappa shape index (κ2) is 5.42. The number of ketones is 1. The van der Waals surface area contributed by atoms with Crippen LogP contribution in [0.25, 0.3) is 0 Å². The summed E-state index contributed by atoms with van der Waals surface area (Å²) in [5, 5.41) is 0. The van der Waals surface area contributed by atoms with Gasteiger partial charge in [0, 0.05) is 12.8 Å². The summed E-state index contributed by atoms with van der Waals surface area (Å²) >= 11 is 0. The summed E-state index contributed by atoms with van der Waals surface area (Å²) in [7, 11) is -1.28. The Morgan fingerprint density at radius 2 is 1.76 bits per heavy atom. The van der Waals surface area contributed by atoms with E-state index in [1.807, 2.05) is 11.9 Å². The Bertz CT molecular complexity index is 491. The molecular weight excluding hydrogens is 238 g/mol. The van der Waals surface area contributed by atoms with E-state index >= 15 is 0 Å². The predicted octanol–water partition coefficient (Wildman–Crippen LogP) is 1.11. The van der Waals surface area contributed by atoms with Crippen LogP contribution in [0.3, 0.4) is 0 Å². The fourth-order valence-corrected chi connectivity index (χ4v) is 2.22. The number of rotatable bonds is 5. The van der Waals surface area contributed by atoms with Crippen molar-refractivity contribution in [2.75, 3.05) is 19.8 Å². The van der Waals surface area contributed by atoms with Crippen molar-refractivity contribution in [3.05, 3.63) is 29.8 Å². The van der Waals surface area contributed by atoms with Gasteiger partial charge < -0.3 is 0 Å². The summed E-state index contributed by atoms with van der Waals surface area (Å²) in [4.78, 5) is 13.1. The van der Waals surface area contributed by atoms with Crippen LogP contribution in [0.15, 0.2) is 29.2 Å². The van der Waals surface area contributed by atoms with Crippen molar-refractivity contribution in [1.82, 2.24) is 4.90 Å². The van der Waals surface area contributed by atoms with Gasteiger partial charge in [0.05, 0.1) is 11.4 Å². The zero-order valence-electron chi connectivity index (χ0n) is 10.3. The lowest BCUT2D eigenvalue weighted by atomic mass is 10.2. The van der Waals surface area contributed by atoms with Crippen molar-refractivity contribution in [2.24, 2.45) is 0 Å². The van der Waals surface area contributed by atoms with Gasteiger partial charge in [0.15, 0.2) is 9.84 Å². The van der Waals surface area contributed by atoms with E-state index in [9.17, 15) is 13.2 Å². The molecule has 1 aromatic carbocycles. The molecule has 0 spiro atoms. The highest BCUT2D eigenvalue weighted by Gasteiger charge is 2.07. The molecular formula is C12H17NO3S. The fraction of sp³-hybridized carbons (Fsp3) is 0.417. The summed E-state index contributed by atoms with van der Waals surface area (Å²) in [6.45, 7) is 2.57. The first kappa shape index (κ1) is 13.9. The van der Waals surface area contributed by atoms with Crippen molar-refractivity contribution in [3.63, 3.8) is 0 Å². The monoisotopic (exact) mass is 255 g/mol. The van der Waals surface area contributed by atoms with Crippen LogP contribution in [0, 0.1) is 0 Å². The van der Waals surface area contributed by atoms with Gasteiger partial charge in [-0.3, -0.25) is 9.69 Å². The Kier molecular flexibility index (Phi) is 4.42. The van der Waals surface area contributed by atoms with Crippen LogP contribution in [0.1, 0.15) is 12.5 Å². The number of nitrogens with zero attached hydrogens (tertiary/aromatic N) is 1. The van der Waals surface area contributed by atoms with Crippen LogP contribution in [0.5, 0.6) is 0 Å². The van der Waals surface area contributed by atoms with Gasteiger partial charge in [-0.15, -0.1) is 0 Å². The topological polar surface area (TPSA) is 54.5 Å². The van der Waals surface area contributed by atoms with Crippen molar-refractivity contribution >= 4 is 15.6 Å². The maximum Gasteiger partial charge on any atom is 0.175 e. The Hall–Kier alpha value is -1.20. The van der Waals surface area contributed by atoms with Crippen LogP contribution in [-0.4, -0.2) is 38.9 Å². The molecule has 94 valence electrons. The molecule has 0 amide bonds. The number of carbonyl (C=O) groups excluding carboxylic acids is 1. The molecule has 0 N–H and O–H groups in total. The number of sulfone groups is 1. The van der Waals surface area contributed by atoms with Gasteiger partial charge in [-0.25, -0.2) is 8.42 Å². The first-order valence-corrected chi connectivity index (χ1v) is 7.15. The van der Waals surface area contributed by atoms with E-state index in [2.05, 4.69) is 0 Å². The quantitative estimate of drug-likeness (QED) is 0.791. The number of likely N-dealkylation sites (N-methyl/N-ethyl adjacent to an activating group) is 1. The number of Topliss-reactive ketones (excluding diaryl/α,β-unsaturated/α-hetero) is 1. The Balaban J connectivity index is 2.72. The summed E-state index contributed by atoms with van der Waals surface area (Å²) in [5.74, 6) is 0.111. The molecule has 0 aliphatic carbocycles. The zero-order chi connectivity index (χ0) is 13.1. The van der Waals surface area contributed by atoms with Crippen LogP contribution in [-0.2, 0) is 21.2 Å². The van der Waals surface area contributed by atoms with Crippen LogP contribution in [0.4, 0.5) is 0 Å².